The molecule has 42 valence electrons. The van der Waals surface area contributed by atoms with E-state index in [2.05, 4.69) is 13.8 Å². The molecule has 1 fully saturated rings. The minimum Gasteiger partial charge on any atom is -0.326 e. The van der Waals surface area contributed by atoms with Crippen LogP contribution >= 0.6 is 11.8 Å². The van der Waals surface area contributed by atoms with Gasteiger partial charge in [-0.25, -0.2) is 0 Å². The summed E-state index contributed by atoms with van der Waals surface area (Å²) in [6.45, 7) is 4.35. The van der Waals surface area contributed by atoms with Gasteiger partial charge in [0.1, 0.15) is 0 Å². The summed E-state index contributed by atoms with van der Waals surface area (Å²) < 4.78 is 0. The standard InChI is InChI=1S/C5H11NS/c1-3-5(6)4(2)7-3/h3-5H,6H2,1-2H3. The quantitative estimate of drug-likeness (QED) is 0.508. The number of hydrogen-bond acceptors (Lipinski definition) is 2. The minimum absolute atomic E-state index is 0.463. The summed E-state index contributed by atoms with van der Waals surface area (Å²) in [4.78, 5) is 0. The van der Waals surface area contributed by atoms with Crippen molar-refractivity contribution in [1.82, 2.24) is 0 Å². The summed E-state index contributed by atoms with van der Waals surface area (Å²) in [6, 6.07) is 0.463. The molecule has 0 aromatic heterocycles. The molecular weight excluding hydrogens is 106 g/mol. The van der Waals surface area contributed by atoms with E-state index in [1.165, 1.54) is 0 Å². The lowest BCUT2D eigenvalue weighted by Gasteiger charge is -2.37. The maximum absolute atomic E-state index is 5.64. The fraction of sp³-hybridized carbons (Fsp3) is 1.00. The maximum atomic E-state index is 5.64. The maximum Gasteiger partial charge on any atom is 0.0274 e. The Balaban J connectivity index is 2.29. The van der Waals surface area contributed by atoms with E-state index in [0.717, 1.165) is 0 Å². The van der Waals surface area contributed by atoms with Crippen LogP contribution in [0.5, 0.6) is 0 Å². The normalized spacial score (nSPS) is 51.0. The molecular formula is C5H11NS. The zero-order valence-corrected chi connectivity index (χ0v) is 5.53. The van der Waals surface area contributed by atoms with Gasteiger partial charge in [0, 0.05) is 16.5 Å². The van der Waals surface area contributed by atoms with Gasteiger partial charge in [0.2, 0.25) is 0 Å². The summed E-state index contributed by atoms with van der Waals surface area (Å²) in [6.07, 6.45) is 0. The van der Waals surface area contributed by atoms with Crippen molar-refractivity contribution in [2.75, 3.05) is 0 Å². The highest BCUT2D eigenvalue weighted by atomic mass is 32.2. The van der Waals surface area contributed by atoms with Gasteiger partial charge in [-0.3, -0.25) is 0 Å². The van der Waals surface area contributed by atoms with Crippen molar-refractivity contribution in [1.29, 1.82) is 0 Å². The SMILES string of the molecule is CC1SC(C)C1N. The summed E-state index contributed by atoms with van der Waals surface area (Å²) in [5.41, 5.74) is 5.64. The fourth-order valence-electron chi connectivity index (χ4n) is 0.812. The third kappa shape index (κ3) is 0.774. The molecule has 0 radical (unpaired) electrons. The lowest BCUT2D eigenvalue weighted by atomic mass is 10.1. The summed E-state index contributed by atoms with van der Waals surface area (Å²) >= 11 is 1.97. The van der Waals surface area contributed by atoms with Gasteiger partial charge < -0.3 is 5.73 Å². The molecule has 1 aliphatic rings. The third-order valence-corrected chi connectivity index (χ3v) is 3.00. The van der Waals surface area contributed by atoms with E-state index in [4.69, 9.17) is 5.73 Å². The Morgan fingerprint density at radius 2 is 1.71 bits per heavy atom. The van der Waals surface area contributed by atoms with Crippen molar-refractivity contribution in [3.8, 4) is 0 Å². The highest BCUT2D eigenvalue weighted by Gasteiger charge is 2.31. The monoisotopic (exact) mass is 117 g/mol. The molecule has 1 aliphatic heterocycles. The van der Waals surface area contributed by atoms with E-state index in [1.54, 1.807) is 0 Å². The highest BCUT2D eigenvalue weighted by molar-refractivity contribution is 8.02. The molecule has 7 heavy (non-hydrogen) atoms. The Kier molecular flexibility index (Phi) is 1.30. The zero-order chi connectivity index (χ0) is 5.44. The molecule has 0 spiro atoms. The van der Waals surface area contributed by atoms with Crippen molar-refractivity contribution < 1.29 is 0 Å². The van der Waals surface area contributed by atoms with Crippen molar-refractivity contribution in [2.24, 2.45) is 5.73 Å². The topological polar surface area (TPSA) is 26.0 Å². The first-order chi connectivity index (χ1) is 3.22. The molecule has 0 aromatic rings. The van der Waals surface area contributed by atoms with Crippen LogP contribution in [0.15, 0.2) is 0 Å². The van der Waals surface area contributed by atoms with E-state index in [0.29, 0.717) is 16.5 Å². The molecule has 1 rings (SSSR count). The average Bonchev–Trinajstić information content (AvgIpc) is 1.68. The van der Waals surface area contributed by atoms with Crippen LogP contribution in [-0.2, 0) is 0 Å². The summed E-state index contributed by atoms with van der Waals surface area (Å²) in [7, 11) is 0. The number of thioether (sulfide) groups is 1. The number of hydrogen-bond donors (Lipinski definition) is 1. The molecule has 2 atom stereocenters. The Morgan fingerprint density at radius 3 is 1.71 bits per heavy atom. The molecule has 0 bridgehead atoms. The number of rotatable bonds is 0. The van der Waals surface area contributed by atoms with Crippen LogP contribution in [0.4, 0.5) is 0 Å². The van der Waals surface area contributed by atoms with Crippen LogP contribution in [-0.4, -0.2) is 16.5 Å². The van der Waals surface area contributed by atoms with Crippen LogP contribution in [0.1, 0.15) is 13.8 Å². The number of nitrogens with two attached hydrogens (primary N) is 1. The van der Waals surface area contributed by atoms with Crippen LogP contribution < -0.4 is 5.73 Å². The summed E-state index contributed by atoms with van der Waals surface area (Å²) in [5, 5.41) is 1.41. The van der Waals surface area contributed by atoms with Gasteiger partial charge in [0.15, 0.2) is 0 Å². The molecule has 2 heteroatoms. The van der Waals surface area contributed by atoms with Crippen LogP contribution in [0.2, 0.25) is 0 Å². The average molecular weight is 117 g/mol. The Hall–Kier alpha value is 0.310. The van der Waals surface area contributed by atoms with Gasteiger partial charge in [-0.1, -0.05) is 13.8 Å². The van der Waals surface area contributed by atoms with Crippen molar-refractivity contribution in [3.63, 3.8) is 0 Å². The first-order valence-electron chi connectivity index (χ1n) is 2.63. The second-order valence-electron chi connectivity index (χ2n) is 2.12. The van der Waals surface area contributed by atoms with Gasteiger partial charge in [-0.15, -0.1) is 0 Å². The second kappa shape index (κ2) is 1.67. The Labute approximate surface area is 48.7 Å². The first kappa shape index (κ1) is 5.45. The third-order valence-electron chi connectivity index (χ3n) is 1.51. The van der Waals surface area contributed by atoms with E-state index in [1.807, 2.05) is 11.8 Å². The molecule has 0 saturated carbocycles. The van der Waals surface area contributed by atoms with Gasteiger partial charge >= 0.3 is 0 Å². The molecule has 1 saturated heterocycles. The molecule has 1 nitrogen and oxygen atoms in total. The van der Waals surface area contributed by atoms with E-state index in [9.17, 15) is 0 Å². The molecule has 2 N–H and O–H groups in total. The van der Waals surface area contributed by atoms with Crippen LogP contribution in [0.25, 0.3) is 0 Å². The van der Waals surface area contributed by atoms with E-state index < -0.39 is 0 Å². The van der Waals surface area contributed by atoms with Crippen LogP contribution in [0, 0.1) is 0 Å². The minimum atomic E-state index is 0.463. The molecule has 1 heterocycles. The molecule has 0 aromatic carbocycles. The first-order valence-corrected chi connectivity index (χ1v) is 3.57. The smallest absolute Gasteiger partial charge is 0.0274 e. The zero-order valence-electron chi connectivity index (χ0n) is 4.72. The highest BCUT2D eigenvalue weighted by Crippen LogP contribution is 2.34. The van der Waals surface area contributed by atoms with E-state index in [-0.39, 0.29) is 0 Å². The largest absolute Gasteiger partial charge is 0.326 e. The van der Waals surface area contributed by atoms with Crippen LogP contribution in [0.3, 0.4) is 0 Å². The van der Waals surface area contributed by atoms with E-state index >= 15 is 0 Å². The lowest BCUT2D eigenvalue weighted by molar-refractivity contribution is 0.606. The molecule has 0 amide bonds. The molecule has 2 unspecified atom stereocenters. The Bertz CT molecular complexity index is 66.5. The second-order valence-corrected chi connectivity index (χ2v) is 3.88. The van der Waals surface area contributed by atoms with Crippen molar-refractivity contribution in [3.05, 3.63) is 0 Å². The predicted octanol–water partition coefficient (Wildman–Crippen LogP) is 0.837. The van der Waals surface area contributed by atoms with Gasteiger partial charge in [-0.05, 0) is 0 Å². The summed E-state index contributed by atoms with van der Waals surface area (Å²) in [5.74, 6) is 0. The Morgan fingerprint density at radius 1 is 1.29 bits per heavy atom. The van der Waals surface area contributed by atoms with Gasteiger partial charge in [0.05, 0.1) is 0 Å². The van der Waals surface area contributed by atoms with Gasteiger partial charge in [0.25, 0.3) is 0 Å². The van der Waals surface area contributed by atoms with Gasteiger partial charge in [-0.2, -0.15) is 11.8 Å². The predicted molar refractivity (Wildman–Crippen MR) is 34.5 cm³/mol. The van der Waals surface area contributed by atoms with Crippen molar-refractivity contribution >= 4 is 11.8 Å². The fourth-order valence-corrected chi connectivity index (χ4v) is 2.05. The van der Waals surface area contributed by atoms with Crippen molar-refractivity contribution in [2.45, 2.75) is 30.4 Å². The lowest BCUT2D eigenvalue weighted by Crippen LogP contribution is -2.48. The molecule has 0 aliphatic carbocycles.